The molecule has 14 heavy (non-hydrogen) atoms. The van der Waals surface area contributed by atoms with E-state index in [0.29, 0.717) is 6.04 Å². The molecule has 0 bridgehead atoms. The normalized spacial score (nSPS) is 21.4. The second kappa shape index (κ2) is 3.37. The van der Waals surface area contributed by atoms with E-state index in [9.17, 15) is 0 Å². The molecular formula is C10H18N4. The summed E-state index contributed by atoms with van der Waals surface area (Å²) in [7, 11) is 6.33. The van der Waals surface area contributed by atoms with Crippen LogP contribution < -0.4 is 5.32 Å². The van der Waals surface area contributed by atoms with Gasteiger partial charge in [0, 0.05) is 20.1 Å². The highest BCUT2D eigenvalue weighted by molar-refractivity contribution is 5.23. The number of rotatable bonds is 1. The molecule has 0 fully saturated rings. The van der Waals surface area contributed by atoms with Gasteiger partial charge in [-0.15, -0.1) is 0 Å². The fraction of sp³-hybridized carbons (Fsp3) is 0.700. The summed E-state index contributed by atoms with van der Waals surface area (Å²) in [5.74, 6) is 1.10. The Morgan fingerprint density at radius 3 is 2.86 bits per heavy atom. The van der Waals surface area contributed by atoms with Crippen molar-refractivity contribution in [1.29, 1.82) is 0 Å². The van der Waals surface area contributed by atoms with Crippen molar-refractivity contribution >= 4 is 0 Å². The van der Waals surface area contributed by atoms with Gasteiger partial charge in [0.1, 0.15) is 5.82 Å². The van der Waals surface area contributed by atoms with Crippen molar-refractivity contribution in [2.75, 3.05) is 20.6 Å². The van der Waals surface area contributed by atoms with Crippen LogP contribution in [0.5, 0.6) is 0 Å². The second-order valence-electron chi connectivity index (χ2n) is 4.16. The van der Waals surface area contributed by atoms with Crippen LogP contribution >= 0.6 is 0 Å². The first-order chi connectivity index (χ1) is 6.61. The van der Waals surface area contributed by atoms with Gasteiger partial charge in [0.2, 0.25) is 0 Å². The molecular weight excluding hydrogens is 176 g/mol. The Labute approximate surface area is 84.9 Å². The molecule has 0 amide bonds. The highest BCUT2D eigenvalue weighted by Gasteiger charge is 2.26. The minimum atomic E-state index is 0.449. The van der Waals surface area contributed by atoms with Gasteiger partial charge in [-0.3, -0.25) is 4.90 Å². The summed E-state index contributed by atoms with van der Waals surface area (Å²) in [5.41, 5.74) is 2.57. The van der Waals surface area contributed by atoms with E-state index in [4.69, 9.17) is 0 Å². The minimum absolute atomic E-state index is 0.449. The van der Waals surface area contributed by atoms with Crippen LogP contribution in [0, 0.1) is 6.92 Å². The Morgan fingerprint density at radius 2 is 2.21 bits per heavy atom. The number of aryl methyl sites for hydroxylation is 1. The zero-order valence-electron chi connectivity index (χ0n) is 9.33. The van der Waals surface area contributed by atoms with Crippen LogP contribution in [-0.2, 0) is 13.6 Å². The third kappa shape index (κ3) is 1.35. The van der Waals surface area contributed by atoms with Crippen molar-refractivity contribution in [3.63, 3.8) is 0 Å². The van der Waals surface area contributed by atoms with Gasteiger partial charge in [0.15, 0.2) is 0 Å². The van der Waals surface area contributed by atoms with E-state index in [1.54, 1.807) is 0 Å². The van der Waals surface area contributed by atoms with Gasteiger partial charge in [-0.2, -0.15) is 0 Å². The van der Waals surface area contributed by atoms with Crippen molar-refractivity contribution in [3.8, 4) is 0 Å². The molecule has 4 nitrogen and oxygen atoms in total. The summed E-state index contributed by atoms with van der Waals surface area (Å²) in [5, 5.41) is 3.40. The molecule has 0 aromatic carbocycles. The van der Waals surface area contributed by atoms with E-state index in [1.165, 1.54) is 11.4 Å². The predicted molar refractivity (Wildman–Crippen MR) is 56.1 cm³/mol. The lowest BCUT2D eigenvalue weighted by Crippen LogP contribution is -2.37. The van der Waals surface area contributed by atoms with Crippen molar-refractivity contribution in [3.05, 3.63) is 17.2 Å². The topological polar surface area (TPSA) is 33.1 Å². The van der Waals surface area contributed by atoms with Gasteiger partial charge in [-0.25, -0.2) is 4.98 Å². The molecule has 78 valence electrons. The maximum absolute atomic E-state index is 4.56. The zero-order chi connectivity index (χ0) is 10.3. The number of fused-ring (bicyclic) bond motifs is 1. The Kier molecular flexibility index (Phi) is 2.33. The van der Waals surface area contributed by atoms with Gasteiger partial charge in [0.05, 0.1) is 17.4 Å². The van der Waals surface area contributed by atoms with Crippen molar-refractivity contribution < 1.29 is 0 Å². The third-order valence-corrected chi connectivity index (χ3v) is 3.01. The summed E-state index contributed by atoms with van der Waals surface area (Å²) >= 11 is 0. The molecule has 1 unspecified atom stereocenters. The van der Waals surface area contributed by atoms with Crippen molar-refractivity contribution in [1.82, 2.24) is 19.8 Å². The molecule has 1 N–H and O–H groups in total. The Balaban J connectivity index is 2.47. The van der Waals surface area contributed by atoms with Crippen LogP contribution in [0.25, 0.3) is 0 Å². The molecule has 0 aliphatic carbocycles. The van der Waals surface area contributed by atoms with Crippen LogP contribution in [0.2, 0.25) is 0 Å². The summed E-state index contributed by atoms with van der Waals surface area (Å²) < 4.78 is 2.21. The molecule has 1 aliphatic rings. The van der Waals surface area contributed by atoms with Gasteiger partial charge in [-0.1, -0.05) is 0 Å². The number of likely N-dealkylation sites (N-methyl/N-ethyl adjacent to an activating group) is 1. The first kappa shape index (κ1) is 9.68. The standard InChI is InChI=1S/C10H18N4/c1-7-12-8-5-11-6-9(13(2)3)10(8)14(7)4/h9,11H,5-6H2,1-4H3. The van der Waals surface area contributed by atoms with Crippen LogP contribution in [0.15, 0.2) is 0 Å². The largest absolute Gasteiger partial charge is 0.334 e. The lowest BCUT2D eigenvalue weighted by molar-refractivity contribution is 0.264. The fourth-order valence-electron chi connectivity index (χ4n) is 2.09. The van der Waals surface area contributed by atoms with E-state index >= 15 is 0 Å². The number of nitrogens with one attached hydrogen (secondary N) is 1. The van der Waals surface area contributed by atoms with Gasteiger partial charge in [-0.05, 0) is 21.0 Å². The minimum Gasteiger partial charge on any atom is -0.334 e. The lowest BCUT2D eigenvalue weighted by Gasteiger charge is -2.29. The summed E-state index contributed by atoms with van der Waals surface area (Å²) in [6.07, 6.45) is 0. The zero-order valence-corrected chi connectivity index (χ0v) is 9.33. The van der Waals surface area contributed by atoms with Crippen LogP contribution in [0.1, 0.15) is 23.3 Å². The highest BCUT2D eigenvalue weighted by Crippen LogP contribution is 2.25. The van der Waals surface area contributed by atoms with E-state index in [1.807, 2.05) is 0 Å². The second-order valence-corrected chi connectivity index (χ2v) is 4.16. The average molecular weight is 194 g/mol. The average Bonchev–Trinajstić information content (AvgIpc) is 2.43. The van der Waals surface area contributed by atoms with Crippen LogP contribution in [0.3, 0.4) is 0 Å². The quantitative estimate of drug-likeness (QED) is 0.704. The van der Waals surface area contributed by atoms with Gasteiger partial charge in [0.25, 0.3) is 0 Å². The first-order valence-electron chi connectivity index (χ1n) is 5.00. The molecule has 1 aromatic rings. The number of aromatic nitrogens is 2. The van der Waals surface area contributed by atoms with E-state index in [-0.39, 0.29) is 0 Å². The van der Waals surface area contributed by atoms with E-state index < -0.39 is 0 Å². The summed E-state index contributed by atoms with van der Waals surface area (Å²) in [6.45, 7) is 3.98. The van der Waals surface area contributed by atoms with Crippen molar-refractivity contribution in [2.45, 2.75) is 19.5 Å². The predicted octanol–water partition coefficient (Wildman–Crippen LogP) is 0.434. The van der Waals surface area contributed by atoms with E-state index in [0.717, 1.165) is 18.9 Å². The maximum Gasteiger partial charge on any atom is 0.105 e. The SMILES string of the molecule is Cc1nc2c(n1C)C(N(C)C)CNC2. The molecule has 0 spiro atoms. The molecule has 2 rings (SSSR count). The van der Waals surface area contributed by atoms with Crippen LogP contribution in [0.4, 0.5) is 0 Å². The molecule has 4 heteroatoms. The first-order valence-corrected chi connectivity index (χ1v) is 5.00. The maximum atomic E-state index is 4.56. The number of hydrogen-bond donors (Lipinski definition) is 1. The Morgan fingerprint density at radius 1 is 1.50 bits per heavy atom. The molecule has 0 saturated heterocycles. The van der Waals surface area contributed by atoms with Gasteiger partial charge < -0.3 is 9.88 Å². The monoisotopic (exact) mass is 194 g/mol. The molecule has 2 heterocycles. The Hall–Kier alpha value is -0.870. The fourth-order valence-corrected chi connectivity index (χ4v) is 2.09. The Bertz CT molecular complexity index is 340. The summed E-state index contributed by atoms with van der Waals surface area (Å²) in [6, 6.07) is 0.449. The van der Waals surface area contributed by atoms with E-state index in [2.05, 4.69) is 47.8 Å². The molecule has 1 atom stereocenters. The third-order valence-electron chi connectivity index (χ3n) is 3.01. The summed E-state index contributed by atoms with van der Waals surface area (Å²) in [4.78, 5) is 6.80. The van der Waals surface area contributed by atoms with Crippen LogP contribution in [-0.4, -0.2) is 35.1 Å². The lowest BCUT2D eigenvalue weighted by atomic mass is 10.1. The molecule has 0 saturated carbocycles. The van der Waals surface area contributed by atoms with Gasteiger partial charge >= 0.3 is 0 Å². The molecule has 0 radical (unpaired) electrons. The highest BCUT2D eigenvalue weighted by atomic mass is 15.2. The molecule has 1 aromatic heterocycles. The smallest absolute Gasteiger partial charge is 0.105 e. The number of imidazole rings is 1. The molecule has 1 aliphatic heterocycles. The number of hydrogen-bond acceptors (Lipinski definition) is 3. The van der Waals surface area contributed by atoms with Crippen molar-refractivity contribution in [2.24, 2.45) is 7.05 Å². The number of nitrogens with zero attached hydrogens (tertiary/aromatic N) is 3.